The quantitative estimate of drug-likeness (QED) is 0.338. The van der Waals surface area contributed by atoms with E-state index in [0.717, 1.165) is 12.5 Å². The minimum absolute atomic E-state index is 0.0178. The molecule has 1 aliphatic heterocycles. The lowest BCUT2D eigenvalue weighted by atomic mass is 9.85. The standard InChI is InChI=1S/C22H16ClN3O5/c23-14-5-8-16(17(10-14)26(30)31)24-20(27)11-3-6-15(7-4-11)25-21(28)18-12-1-2-13(9-12)19(18)22(25)29/h1-8,10,12-13,18-19H,9H2,(H,24,27)/t12-,13+,18-,19+. The van der Waals surface area contributed by atoms with Crippen molar-refractivity contribution in [2.45, 2.75) is 6.42 Å². The zero-order chi connectivity index (χ0) is 21.9. The molecule has 1 saturated heterocycles. The van der Waals surface area contributed by atoms with Crippen LogP contribution in [-0.4, -0.2) is 22.6 Å². The largest absolute Gasteiger partial charge is 0.316 e. The number of anilines is 2. The van der Waals surface area contributed by atoms with Crippen LogP contribution in [0.4, 0.5) is 17.1 Å². The fraction of sp³-hybridized carbons (Fsp3) is 0.227. The molecular weight excluding hydrogens is 422 g/mol. The second kappa shape index (κ2) is 7.02. The number of rotatable bonds is 4. The molecule has 0 spiro atoms. The molecule has 3 aliphatic rings. The Labute approximate surface area is 181 Å². The molecule has 2 aromatic carbocycles. The van der Waals surface area contributed by atoms with Gasteiger partial charge in [-0.25, -0.2) is 0 Å². The van der Waals surface area contributed by atoms with Crippen molar-refractivity contribution in [3.05, 3.63) is 75.3 Å². The number of hydrogen-bond acceptors (Lipinski definition) is 5. The number of carbonyl (C=O) groups is 3. The lowest BCUT2D eigenvalue weighted by Gasteiger charge is -2.17. The van der Waals surface area contributed by atoms with Crippen molar-refractivity contribution in [1.29, 1.82) is 0 Å². The van der Waals surface area contributed by atoms with E-state index in [1.165, 1.54) is 41.3 Å². The Morgan fingerprint density at radius 2 is 1.65 bits per heavy atom. The number of amides is 3. The Morgan fingerprint density at radius 3 is 2.23 bits per heavy atom. The van der Waals surface area contributed by atoms with E-state index < -0.39 is 10.8 Å². The van der Waals surface area contributed by atoms with Crippen LogP contribution in [0, 0.1) is 33.8 Å². The first-order valence-corrected chi connectivity index (χ1v) is 10.1. The highest BCUT2D eigenvalue weighted by Gasteiger charge is 2.59. The molecule has 0 unspecified atom stereocenters. The number of hydrogen-bond donors (Lipinski definition) is 1. The van der Waals surface area contributed by atoms with Crippen molar-refractivity contribution in [2.75, 3.05) is 10.2 Å². The summed E-state index contributed by atoms with van der Waals surface area (Å²) in [6, 6.07) is 9.99. The highest BCUT2D eigenvalue weighted by molar-refractivity contribution is 6.31. The highest BCUT2D eigenvalue weighted by atomic mass is 35.5. The third-order valence-electron chi connectivity index (χ3n) is 6.26. The molecule has 1 saturated carbocycles. The number of imide groups is 1. The SMILES string of the molecule is O=C(Nc1ccc(Cl)cc1[N+](=O)[O-])c1ccc(N2C(=O)[C@@H]3[C@H](C2=O)[C@@H]2C=C[C@H]3C2)cc1. The molecule has 1 heterocycles. The summed E-state index contributed by atoms with van der Waals surface area (Å²) >= 11 is 5.79. The lowest BCUT2D eigenvalue weighted by Crippen LogP contribution is -2.32. The van der Waals surface area contributed by atoms with Gasteiger partial charge in [-0.05, 0) is 54.7 Å². The molecule has 0 radical (unpaired) electrons. The number of nitrogens with zero attached hydrogens (tertiary/aromatic N) is 2. The van der Waals surface area contributed by atoms with E-state index in [2.05, 4.69) is 5.32 Å². The predicted molar refractivity (Wildman–Crippen MR) is 113 cm³/mol. The summed E-state index contributed by atoms with van der Waals surface area (Å²) in [5.41, 5.74) is 0.344. The fourth-order valence-electron chi connectivity index (χ4n) is 4.87. The van der Waals surface area contributed by atoms with Gasteiger partial charge in [-0.2, -0.15) is 0 Å². The smallest absolute Gasteiger partial charge is 0.294 e. The Morgan fingerprint density at radius 1 is 1.03 bits per heavy atom. The van der Waals surface area contributed by atoms with Crippen LogP contribution < -0.4 is 10.2 Å². The molecule has 2 fully saturated rings. The van der Waals surface area contributed by atoms with Crippen LogP contribution in [0.3, 0.4) is 0 Å². The van der Waals surface area contributed by atoms with Gasteiger partial charge in [0.15, 0.2) is 0 Å². The molecule has 8 nitrogen and oxygen atoms in total. The minimum Gasteiger partial charge on any atom is -0.316 e. The van der Waals surface area contributed by atoms with E-state index in [1.54, 1.807) is 0 Å². The molecule has 0 aromatic heterocycles. The van der Waals surface area contributed by atoms with Crippen LogP contribution in [0.1, 0.15) is 16.8 Å². The summed E-state index contributed by atoms with van der Waals surface area (Å²) in [5.74, 6) is -1.29. The average molecular weight is 438 g/mol. The van der Waals surface area contributed by atoms with Gasteiger partial charge in [0, 0.05) is 16.7 Å². The molecule has 3 amide bonds. The van der Waals surface area contributed by atoms with Crippen molar-refractivity contribution in [3.8, 4) is 0 Å². The molecule has 5 rings (SSSR count). The molecule has 31 heavy (non-hydrogen) atoms. The average Bonchev–Trinajstić information content (AvgIpc) is 3.43. The van der Waals surface area contributed by atoms with Gasteiger partial charge in [-0.15, -0.1) is 0 Å². The van der Waals surface area contributed by atoms with Crippen molar-refractivity contribution in [1.82, 2.24) is 0 Å². The maximum atomic E-state index is 12.9. The summed E-state index contributed by atoms with van der Waals surface area (Å²) in [6.45, 7) is 0. The van der Waals surface area contributed by atoms with Gasteiger partial charge in [0.2, 0.25) is 11.8 Å². The van der Waals surface area contributed by atoms with Gasteiger partial charge < -0.3 is 5.32 Å². The van der Waals surface area contributed by atoms with E-state index in [1.807, 2.05) is 12.2 Å². The van der Waals surface area contributed by atoms with Crippen LogP contribution in [0.5, 0.6) is 0 Å². The number of halogens is 1. The zero-order valence-corrected chi connectivity index (χ0v) is 16.8. The van der Waals surface area contributed by atoms with E-state index in [-0.39, 0.29) is 57.4 Å². The second-order valence-electron chi connectivity index (χ2n) is 7.93. The summed E-state index contributed by atoms with van der Waals surface area (Å²) < 4.78 is 0. The Bertz CT molecular complexity index is 1150. The van der Waals surface area contributed by atoms with Crippen molar-refractivity contribution >= 4 is 46.4 Å². The molecule has 2 bridgehead atoms. The van der Waals surface area contributed by atoms with Crippen LogP contribution in [0.25, 0.3) is 0 Å². The van der Waals surface area contributed by atoms with Gasteiger partial charge in [-0.1, -0.05) is 23.8 Å². The normalized spacial score (nSPS) is 25.8. The van der Waals surface area contributed by atoms with Gasteiger partial charge in [0.05, 0.1) is 22.4 Å². The summed E-state index contributed by atoms with van der Waals surface area (Å²) in [6.07, 6.45) is 4.92. The highest BCUT2D eigenvalue weighted by Crippen LogP contribution is 2.53. The Hall–Kier alpha value is -3.52. The topological polar surface area (TPSA) is 110 Å². The maximum absolute atomic E-state index is 12.9. The monoisotopic (exact) mass is 437 g/mol. The van der Waals surface area contributed by atoms with Gasteiger partial charge in [0.1, 0.15) is 5.69 Å². The van der Waals surface area contributed by atoms with Crippen LogP contribution in [0.15, 0.2) is 54.6 Å². The molecule has 156 valence electrons. The predicted octanol–water partition coefficient (Wildman–Crippen LogP) is 3.81. The number of nitro groups is 1. The lowest BCUT2D eigenvalue weighted by molar-refractivity contribution is -0.383. The summed E-state index contributed by atoms with van der Waals surface area (Å²) in [5, 5.41) is 13.9. The third kappa shape index (κ3) is 3.02. The van der Waals surface area contributed by atoms with Gasteiger partial charge in [0.25, 0.3) is 11.6 Å². The van der Waals surface area contributed by atoms with Crippen molar-refractivity contribution in [2.24, 2.45) is 23.7 Å². The number of benzene rings is 2. The van der Waals surface area contributed by atoms with E-state index in [4.69, 9.17) is 11.6 Å². The number of allylic oxidation sites excluding steroid dienone is 2. The maximum Gasteiger partial charge on any atom is 0.294 e. The zero-order valence-electron chi connectivity index (χ0n) is 16.0. The summed E-state index contributed by atoms with van der Waals surface area (Å²) in [4.78, 5) is 50.1. The molecule has 2 aromatic rings. The van der Waals surface area contributed by atoms with E-state index in [9.17, 15) is 24.5 Å². The molecule has 2 aliphatic carbocycles. The molecule has 4 atom stereocenters. The van der Waals surface area contributed by atoms with Crippen molar-refractivity contribution < 1.29 is 19.3 Å². The summed E-state index contributed by atoms with van der Waals surface area (Å²) in [7, 11) is 0. The van der Waals surface area contributed by atoms with Gasteiger partial charge >= 0.3 is 0 Å². The molecule has 9 heteroatoms. The minimum atomic E-state index is -0.631. The third-order valence-corrected chi connectivity index (χ3v) is 6.50. The number of nitrogens with one attached hydrogen (secondary N) is 1. The van der Waals surface area contributed by atoms with Crippen LogP contribution in [0.2, 0.25) is 5.02 Å². The van der Waals surface area contributed by atoms with Crippen molar-refractivity contribution in [3.63, 3.8) is 0 Å². The van der Waals surface area contributed by atoms with E-state index in [0.29, 0.717) is 5.69 Å². The molecular formula is C22H16ClN3O5. The number of nitro benzene ring substituents is 1. The van der Waals surface area contributed by atoms with Crippen LogP contribution >= 0.6 is 11.6 Å². The first kappa shape index (κ1) is 19.4. The van der Waals surface area contributed by atoms with Crippen LogP contribution in [-0.2, 0) is 9.59 Å². The molecule has 1 N–H and O–H groups in total. The first-order chi connectivity index (χ1) is 14.8. The fourth-order valence-corrected chi connectivity index (χ4v) is 5.04. The Kier molecular flexibility index (Phi) is 4.40. The van der Waals surface area contributed by atoms with E-state index >= 15 is 0 Å². The van der Waals surface area contributed by atoms with Gasteiger partial charge in [-0.3, -0.25) is 29.4 Å². The second-order valence-corrected chi connectivity index (χ2v) is 8.37. The Balaban J connectivity index is 1.35. The number of carbonyl (C=O) groups excluding carboxylic acids is 3. The number of fused-ring (bicyclic) bond motifs is 5. The first-order valence-electron chi connectivity index (χ1n) is 9.76.